The zero-order chi connectivity index (χ0) is 20.2. The second-order valence-electron chi connectivity index (χ2n) is 6.01. The molecule has 29 heavy (non-hydrogen) atoms. The van der Waals surface area contributed by atoms with Gasteiger partial charge in [0.05, 0.1) is 15.1 Å². The Morgan fingerprint density at radius 2 is 1.90 bits per heavy atom. The molecule has 0 fully saturated rings. The summed E-state index contributed by atoms with van der Waals surface area (Å²) in [6, 6.07) is 17.0. The van der Waals surface area contributed by atoms with Crippen molar-refractivity contribution >= 4 is 39.0 Å². The van der Waals surface area contributed by atoms with Crippen molar-refractivity contribution in [2.24, 2.45) is 0 Å². The molecule has 0 saturated heterocycles. The van der Waals surface area contributed by atoms with Crippen molar-refractivity contribution in [3.05, 3.63) is 77.0 Å². The van der Waals surface area contributed by atoms with Crippen LogP contribution in [0.2, 0.25) is 0 Å². The van der Waals surface area contributed by atoms with E-state index in [1.54, 1.807) is 23.6 Å². The van der Waals surface area contributed by atoms with Crippen molar-refractivity contribution in [3.8, 4) is 16.3 Å². The lowest BCUT2D eigenvalue weighted by Crippen LogP contribution is -2.20. The van der Waals surface area contributed by atoms with E-state index in [9.17, 15) is 14.9 Å². The minimum atomic E-state index is -0.500. The molecule has 0 atom stereocenters. The number of nitrogens with one attached hydrogen (secondary N) is 1. The number of hydrogen-bond acceptors (Lipinski definition) is 7. The van der Waals surface area contributed by atoms with E-state index in [4.69, 9.17) is 4.74 Å². The van der Waals surface area contributed by atoms with Crippen LogP contribution in [0.25, 0.3) is 20.8 Å². The quantitative estimate of drug-likeness (QED) is 0.378. The molecule has 0 saturated carbocycles. The van der Waals surface area contributed by atoms with Crippen molar-refractivity contribution in [2.45, 2.75) is 0 Å². The number of rotatable bonds is 6. The molecule has 0 bridgehead atoms. The third-order valence-electron chi connectivity index (χ3n) is 3.99. The molecule has 8 nitrogen and oxygen atoms in total. The van der Waals surface area contributed by atoms with Crippen molar-refractivity contribution in [1.29, 1.82) is 0 Å². The van der Waals surface area contributed by atoms with Gasteiger partial charge in [0.25, 0.3) is 11.6 Å². The highest BCUT2D eigenvalue weighted by molar-refractivity contribution is 7.21. The van der Waals surface area contributed by atoms with Gasteiger partial charge in [-0.25, -0.2) is 9.97 Å². The number of benzene rings is 2. The molecular weight excluding hydrogens is 392 g/mol. The lowest BCUT2D eigenvalue weighted by molar-refractivity contribution is -0.384. The molecule has 0 radical (unpaired) electrons. The molecule has 9 heteroatoms. The van der Waals surface area contributed by atoms with Crippen LogP contribution in [0.1, 0.15) is 0 Å². The summed E-state index contributed by atoms with van der Waals surface area (Å²) in [6.45, 7) is -0.237. The van der Waals surface area contributed by atoms with Gasteiger partial charge >= 0.3 is 0 Å². The van der Waals surface area contributed by atoms with E-state index in [-0.39, 0.29) is 18.2 Å². The second kappa shape index (κ2) is 8.03. The Labute approximate surface area is 169 Å². The third kappa shape index (κ3) is 4.36. The van der Waals surface area contributed by atoms with E-state index in [0.717, 1.165) is 20.8 Å². The Morgan fingerprint density at radius 1 is 1.10 bits per heavy atom. The monoisotopic (exact) mass is 406 g/mol. The number of carbonyl (C=O) groups is 1. The van der Waals surface area contributed by atoms with Crippen LogP contribution < -0.4 is 10.1 Å². The van der Waals surface area contributed by atoms with Gasteiger partial charge in [0.15, 0.2) is 6.61 Å². The first kappa shape index (κ1) is 18.5. The molecule has 4 aromatic rings. The van der Waals surface area contributed by atoms with Gasteiger partial charge in [-0.3, -0.25) is 14.9 Å². The number of non-ortho nitro benzene ring substituents is 1. The van der Waals surface area contributed by atoms with Crippen molar-refractivity contribution in [3.63, 3.8) is 0 Å². The van der Waals surface area contributed by atoms with Gasteiger partial charge in [0.1, 0.15) is 16.6 Å². The molecule has 144 valence electrons. The Morgan fingerprint density at radius 3 is 2.59 bits per heavy atom. The van der Waals surface area contributed by atoms with Crippen LogP contribution in [-0.4, -0.2) is 27.4 Å². The number of ether oxygens (including phenoxy) is 1. The maximum Gasteiger partial charge on any atom is 0.269 e. The third-order valence-corrected chi connectivity index (χ3v) is 5.07. The van der Waals surface area contributed by atoms with E-state index in [1.165, 1.54) is 24.3 Å². The summed E-state index contributed by atoms with van der Waals surface area (Å²) in [5.74, 6) is 0.376. The number of pyridine rings is 1. The summed E-state index contributed by atoms with van der Waals surface area (Å²) in [6.07, 6.45) is 1.66. The number of fused-ring (bicyclic) bond motifs is 1. The normalized spacial score (nSPS) is 10.6. The molecule has 0 aliphatic heterocycles. The lowest BCUT2D eigenvalue weighted by atomic mass is 10.3. The van der Waals surface area contributed by atoms with Gasteiger partial charge in [0.2, 0.25) is 0 Å². The number of carbonyl (C=O) groups excluding carboxylic acids is 1. The average molecular weight is 406 g/mol. The molecule has 2 heterocycles. The van der Waals surface area contributed by atoms with Gasteiger partial charge < -0.3 is 10.1 Å². The molecule has 0 spiro atoms. The topological polar surface area (TPSA) is 107 Å². The van der Waals surface area contributed by atoms with Crippen molar-refractivity contribution in [2.75, 3.05) is 11.9 Å². The Bertz CT molecular complexity index is 1140. The van der Waals surface area contributed by atoms with Crippen LogP contribution in [0.4, 0.5) is 11.5 Å². The summed E-state index contributed by atoms with van der Waals surface area (Å²) in [5, 5.41) is 14.1. The summed E-state index contributed by atoms with van der Waals surface area (Å²) in [5.41, 5.74) is 1.76. The first-order valence-electron chi connectivity index (χ1n) is 8.57. The molecule has 2 aromatic heterocycles. The summed E-state index contributed by atoms with van der Waals surface area (Å²) < 4.78 is 6.43. The maximum absolute atomic E-state index is 12.0. The maximum atomic E-state index is 12.0. The number of nitro benzene ring substituents is 1. The van der Waals surface area contributed by atoms with E-state index in [1.807, 2.05) is 30.3 Å². The summed E-state index contributed by atoms with van der Waals surface area (Å²) >= 11 is 1.58. The minimum absolute atomic E-state index is 0.0424. The lowest BCUT2D eigenvalue weighted by Gasteiger charge is -2.07. The zero-order valence-corrected chi connectivity index (χ0v) is 15.8. The molecule has 2 aromatic carbocycles. The summed E-state index contributed by atoms with van der Waals surface area (Å²) in [4.78, 5) is 31.0. The van der Waals surface area contributed by atoms with E-state index in [2.05, 4.69) is 15.3 Å². The number of hydrogen-bond donors (Lipinski definition) is 1. The fraction of sp³-hybridized carbons (Fsp3) is 0.0500. The average Bonchev–Trinajstić information content (AvgIpc) is 3.17. The Kier molecular flexibility index (Phi) is 5.12. The number of nitro groups is 1. The number of thiazole rings is 1. The highest BCUT2D eigenvalue weighted by Crippen LogP contribution is 2.29. The minimum Gasteiger partial charge on any atom is -0.484 e. The van der Waals surface area contributed by atoms with Gasteiger partial charge in [-0.05, 0) is 36.4 Å². The number of anilines is 1. The fourth-order valence-corrected chi connectivity index (χ4v) is 3.54. The Hall–Kier alpha value is -3.85. The predicted octanol–water partition coefficient (Wildman–Crippen LogP) is 4.28. The molecule has 1 amide bonds. The summed E-state index contributed by atoms with van der Waals surface area (Å²) in [7, 11) is 0. The largest absolute Gasteiger partial charge is 0.484 e. The first-order chi connectivity index (χ1) is 14.1. The molecule has 1 N–H and O–H groups in total. The van der Waals surface area contributed by atoms with Crippen molar-refractivity contribution < 1.29 is 14.5 Å². The highest BCUT2D eigenvalue weighted by Gasteiger charge is 2.09. The molecule has 0 aliphatic rings. The molecule has 0 aliphatic carbocycles. The van der Waals surface area contributed by atoms with Crippen LogP contribution in [0, 0.1) is 10.1 Å². The Balaban J connectivity index is 1.35. The molecule has 4 rings (SSSR count). The number of aromatic nitrogens is 2. The van der Waals surface area contributed by atoms with Crippen LogP contribution in [-0.2, 0) is 4.79 Å². The van der Waals surface area contributed by atoms with Gasteiger partial charge in [0, 0.05) is 23.9 Å². The number of amides is 1. The first-order valence-corrected chi connectivity index (χ1v) is 9.39. The van der Waals surface area contributed by atoms with Crippen LogP contribution in [0.3, 0.4) is 0 Å². The van der Waals surface area contributed by atoms with Gasteiger partial charge in [-0.1, -0.05) is 12.1 Å². The zero-order valence-electron chi connectivity index (χ0n) is 14.9. The fourth-order valence-electron chi connectivity index (χ4n) is 2.58. The van der Waals surface area contributed by atoms with Crippen LogP contribution in [0.5, 0.6) is 5.75 Å². The van der Waals surface area contributed by atoms with Crippen LogP contribution in [0.15, 0.2) is 66.9 Å². The van der Waals surface area contributed by atoms with Gasteiger partial charge in [-0.15, -0.1) is 11.3 Å². The SMILES string of the molecule is O=C(COc1ccc([N+](=O)[O-])cc1)Nc1ccc(-c2nc3ccccc3s2)cn1. The van der Waals surface area contributed by atoms with Crippen LogP contribution >= 0.6 is 11.3 Å². The van der Waals surface area contributed by atoms with E-state index >= 15 is 0 Å². The van der Waals surface area contributed by atoms with E-state index < -0.39 is 4.92 Å². The molecular formula is C20H14N4O4S. The standard InChI is InChI=1S/C20H14N4O4S/c25-19(12-28-15-8-6-14(7-9-15)24(26)27)23-18-10-5-13(11-21-18)20-22-16-3-1-2-4-17(16)29-20/h1-11H,12H2,(H,21,23,25). The molecule has 0 unspecified atom stereocenters. The van der Waals surface area contributed by atoms with Gasteiger partial charge in [-0.2, -0.15) is 0 Å². The highest BCUT2D eigenvalue weighted by atomic mass is 32.1. The number of para-hydroxylation sites is 1. The number of nitrogens with zero attached hydrogens (tertiary/aromatic N) is 3. The predicted molar refractivity (Wildman–Crippen MR) is 110 cm³/mol. The smallest absolute Gasteiger partial charge is 0.269 e. The van der Waals surface area contributed by atoms with E-state index in [0.29, 0.717) is 11.6 Å². The second-order valence-corrected chi connectivity index (χ2v) is 7.04. The van der Waals surface area contributed by atoms with Crippen molar-refractivity contribution in [1.82, 2.24) is 9.97 Å².